The Morgan fingerprint density at radius 3 is 2.60 bits per heavy atom. The molecule has 0 aliphatic carbocycles. The Balaban J connectivity index is 4.32. The average molecular weight is 238 g/mol. The normalized spacial score (nSPS) is 11.9. The number of nitrogens with zero attached hydrogens (tertiary/aromatic N) is 1. The van der Waals surface area contributed by atoms with E-state index >= 15 is 0 Å². The summed E-state index contributed by atoms with van der Waals surface area (Å²) in [6, 6.07) is 0. The Bertz CT molecular complexity index is 291. The number of hydrogen-bond donors (Lipinski definition) is 3. The van der Waals surface area contributed by atoms with Gasteiger partial charge in [-0.3, -0.25) is 5.41 Å². The lowest BCUT2D eigenvalue weighted by atomic mass is 10.6. The first-order valence-corrected chi connectivity index (χ1v) is 5.94. The molecule has 0 aliphatic rings. The molecule has 0 saturated heterocycles. The van der Waals surface area contributed by atoms with E-state index in [2.05, 4.69) is 4.72 Å². The first-order valence-electron chi connectivity index (χ1n) is 4.50. The smallest absolute Gasteiger partial charge is 0.279 e. The van der Waals surface area contributed by atoms with Crippen LogP contribution in [0, 0.1) is 5.41 Å². The van der Waals surface area contributed by atoms with Crippen LogP contribution >= 0.6 is 0 Å². The van der Waals surface area contributed by atoms with Crippen LogP contribution in [0.15, 0.2) is 0 Å². The maximum atomic E-state index is 11.6. The van der Waals surface area contributed by atoms with Crippen molar-refractivity contribution >= 4 is 16.0 Å². The molecule has 0 radical (unpaired) electrons. The third-order valence-electron chi connectivity index (χ3n) is 1.63. The topological polar surface area (TPSA) is 109 Å². The van der Waals surface area contributed by atoms with Crippen molar-refractivity contribution in [3.05, 3.63) is 0 Å². The van der Waals surface area contributed by atoms with Gasteiger partial charge in [-0.05, 0) is 0 Å². The summed E-state index contributed by atoms with van der Waals surface area (Å²) in [5.41, 5.74) is 5.15. The SMILES string of the molecule is CCN(CC(=N)N)S(=O)(=O)NCCOC. The van der Waals surface area contributed by atoms with Gasteiger partial charge in [-0.15, -0.1) is 0 Å². The molecule has 90 valence electrons. The second-order valence-corrected chi connectivity index (χ2v) is 4.60. The van der Waals surface area contributed by atoms with Gasteiger partial charge in [0.2, 0.25) is 0 Å². The molecule has 0 aromatic carbocycles. The van der Waals surface area contributed by atoms with Crippen LogP contribution in [-0.2, 0) is 14.9 Å². The number of nitrogens with one attached hydrogen (secondary N) is 2. The summed E-state index contributed by atoms with van der Waals surface area (Å²) in [6.07, 6.45) is 0. The number of ether oxygens (including phenoxy) is 1. The largest absolute Gasteiger partial charge is 0.387 e. The minimum atomic E-state index is -3.56. The number of rotatable bonds is 8. The molecule has 7 nitrogen and oxygen atoms in total. The van der Waals surface area contributed by atoms with E-state index in [1.807, 2.05) is 0 Å². The third kappa shape index (κ3) is 5.67. The molecule has 0 atom stereocenters. The molecule has 0 saturated carbocycles. The molecule has 0 bridgehead atoms. The number of nitrogens with two attached hydrogens (primary N) is 1. The van der Waals surface area contributed by atoms with Crippen molar-refractivity contribution in [1.29, 1.82) is 5.41 Å². The van der Waals surface area contributed by atoms with Gasteiger partial charge < -0.3 is 10.5 Å². The van der Waals surface area contributed by atoms with Gasteiger partial charge in [0.1, 0.15) is 5.84 Å². The zero-order chi connectivity index (χ0) is 11.9. The fourth-order valence-electron chi connectivity index (χ4n) is 0.921. The van der Waals surface area contributed by atoms with E-state index in [4.69, 9.17) is 15.9 Å². The van der Waals surface area contributed by atoms with Crippen molar-refractivity contribution in [1.82, 2.24) is 9.03 Å². The summed E-state index contributed by atoms with van der Waals surface area (Å²) < 4.78 is 31.3. The lowest BCUT2D eigenvalue weighted by Crippen LogP contribution is -2.45. The highest BCUT2D eigenvalue weighted by atomic mass is 32.2. The van der Waals surface area contributed by atoms with Gasteiger partial charge in [0.25, 0.3) is 10.2 Å². The summed E-state index contributed by atoms with van der Waals surface area (Å²) >= 11 is 0. The van der Waals surface area contributed by atoms with E-state index in [0.29, 0.717) is 6.61 Å². The monoisotopic (exact) mass is 238 g/mol. The molecule has 0 fully saturated rings. The standard InChI is InChI=1S/C7H18N4O3S/c1-3-11(6-7(8)9)15(12,13)10-4-5-14-2/h10H,3-6H2,1-2H3,(H3,8,9). The van der Waals surface area contributed by atoms with Gasteiger partial charge in [-0.2, -0.15) is 17.4 Å². The molecule has 8 heteroatoms. The molecular weight excluding hydrogens is 220 g/mol. The van der Waals surface area contributed by atoms with Crippen molar-refractivity contribution in [2.75, 3.05) is 33.4 Å². The fourth-order valence-corrected chi connectivity index (χ4v) is 2.09. The van der Waals surface area contributed by atoms with E-state index in [0.717, 1.165) is 4.31 Å². The van der Waals surface area contributed by atoms with Crippen molar-refractivity contribution in [3.63, 3.8) is 0 Å². The molecule has 0 rings (SSSR count). The number of hydrogen-bond acceptors (Lipinski definition) is 4. The van der Waals surface area contributed by atoms with Crippen molar-refractivity contribution in [2.45, 2.75) is 6.92 Å². The molecular formula is C7H18N4O3S. The van der Waals surface area contributed by atoms with Crippen LogP contribution in [0.1, 0.15) is 6.92 Å². The van der Waals surface area contributed by atoms with Crippen molar-refractivity contribution in [3.8, 4) is 0 Å². The number of likely N-dealkylation sites (N-methyl/N-ethyl adjacent to an activating group) is 1. The average Bonchev–Trinajstić information content (AvgIpc) is 2.14. The molecule has 0 aromatic heterocycles. The fraction of sp³-hybridized carbons (Fsp3) is 0.857. The molecule has 4 N–H and O–H groups in total. The van der Waals surface area contributed by atoms with Gasteiger partial charge in [-0.25, -0.2) is 0 Å². The van der Waals surface area contributed by atoms with Crippen molar-refractivity contribution < 1.29 is 13.2 Å². The Morgan fingerprint density at radius 1 is 1.60 bits per heavy atom. The number of methoxy groups -OCH3 is 1. The van der Waals surface area contributed by atoms with Crippen LogP contribution in [0.25, 0.3) is 0 Å². The molecule has 0 spiro atoms. The van der Waals surface area contributed by atoms with Gasteiger partial charge in [0.05, 0.1) is 13.2 Å². The zero-order valence-electron chi connectivity index (χ0n) is 8.99. The minimum absolute atomic E-state index is 0.0984. The predicted octanol–water partition coefficient (Wildman–Crippen LogP) is -1.27. The Kier molecular flexibility index (Phi) is 6.41. The zero-order valence-corrected chi connectivity index (χ0v) is 9.80. The maximum absolute atomic E-state index is 11.6. The number of amidine groups is 1. The van der Waals surface area contributed by atoms with Crippen LogP contribution in [0.4, 0.5) is 0 Å². The predicted molar refractivity (Wildman–Crippen MR) is 58.0 cm³/mol. The summed E-state index contributed by atoms with van der Waals surface area (Å²) in [5.74, 6) is -0.186. The van der Waals surface area contributed by atoms with E-state index in [1.54, 1.807) is 6.92 Å². The van der Waals surface area contributed by atoms with Gasteiger partial charge in [0.15, 0.2) is 0 Å². The van der Waals surface area contributed by atoms with Gasteiger partial charge in [0, 0.05) is 20.2 Å². The first kappa shape index (κ1) is 14.3. The Labute approximate surface area is 90.3 Å². The van der Waals surface area contributed by atoms with Crippen molar-refractivity contribution in [2.24, 2.45) is 5.73 Å². The molecule has 0 heterocycles. The highest BCUT2D eigenvalue weighted by Crippen LogP contribution is 1.96. The summed E-state index contributed by atoms with van der Waals surface area (Å²) in [5, 5.41) is 7.04. The van der Waals surface area contributed by atoms with Crippen LogP contribution in [0.3, 0.4) is 0 Å². The molecule has 0 aliphatic heterocycles. The summed E-state index contributed by atoms with van der Waals surface area (Å²) in [4.78, 5) is 0. The van der Waals surface area contributed by atoms with E-state index in [9.17, 15) is 8.42 Å². The van der Waals surface area contributed by atoms with E-state index in [-0.39, 0.29) is 25.5 Å². The lowest BCUT2D eigenvalue weighted by Gasteiger charge is -2.19. The molecule has 0 amide bonds. The summed E-state index contributed by atoms with van der Waals surface area (Å²) in [6.45, 7) is 2.35. The van der Waals surface area contributed by atoms with E-state index in [1.165, 1.54) is 7.11 Å². The van der Waals surface area contributed by atoms with Crippen LogP contribution in [0.5, 0.6) is 0 Å². The van der Waals surface area contributed by atoms with Gasteiger partial charge >= 0.3 is 0 Å². The third-order valence-corrected chi connectivity index (χ3v) is 3.27. The highest BCUT2D eigenvalue weighted by molar-refractivity contribution is 7.87. The Hall–Kier alpha value is -0.700. The molecule has 15 heavy (non-hydrogen) atoms. The van der Waals surface area contributed by atoms with Crippen LogP contribution < -0.4 is 10.5 Å². The summed E-state index contributed by atoms with van der Waals surface area (Å²) in [7, 11) is -2.07. The van der Waals surface area contributed by atoms with E-state index < -0.39 is 10.2 Å². The first-order chi connectivity index (χ1) is 6.94. The van der Waals surface area contributed by atoms with Crippen LogP contribution in [-0.4, -0.2) is 51.9 Å². The minimum Gasteiger partial charge on any atom is -0.387 e. The molecule has 0 aromatic rings. The lowest BCUT2D eigenvalue weighted by molar-refractivity contribution is 0.204. The maximum Gasteiger partial charge on any atom is 0.279 e. The quantitative estimate of drug-likeness (QED) is 0.278. The second-order valence-electron chi connectivity index (χ2n) is 2.84. The van der Waals surface area contributed by atoms with Gasteiger partial charge in [-0.1, -0.05) is 6.92 Å². The van der Waals surface area contributed by atoms with Crippen LogP contribution in [0.2, 0.25) is 0 Å². The highest BCUT2D eigenvalue weighted by Gasteiger charge is 2.19. The Morgan fingerprint density at radius 2 is 2.20 bits per heavy atom. The molecule has 0 unspecified atom stereocenters. The second kappa shape index (κ2) is 6.72.